The molecule has 0 spiro atoms. The predicted octanol–water partition coefficient (Wildman–Crippen LogP) is 5.39. The van der Waals surface area contributed by atoms with Gasteiger partial charge in [0.2, 0.25) is 5.91 Å². The SMILES string of the molecule is COc1ccc(Cl)cc1NC(=O)C1c2ccccc2C(=O)N(C)C1c1cn(C)c2ccccc12. The van der Waals surface area contributed by atoms with Gasteiger partial charge in [0.25, 0.3) is 5.91 Å². The minimum Gasteiger partial charge on any atom is -0.495 e. The fourth-order valence-corrected chi connectivity index (χ4v) is 5.11. The first-order valence-electron chi connectivity index (χ1n) is 10.9. The normalized spacial score (nSPS) is 17.5. The molecule has 6 nitrogen and oxygen atoms in total. The number of nitrogens with one attached hydrogen (secondary N) is 1. The maximum Gasteiger partial charge on any atom is 0.254 e. The zero-order valence-electron chi connectivity index (χ0n) is 19.1. The monoisotopic (exact) mass is 473 g/mol. The van der Waals surface area contributed by atoms with Crippen LogP contribution in [0, 0.1) is 0 Å². The van der Waals surface area contributed by atoms with Crippen molar-refractivity contribution in [2.45, 2.75) is 12.0 Å². The van der Waals surface area contributed by atoms with E-state index in [9.17, 15) is 9.59 Å². The fourth-order valence-electron chi connectivity index (χ4n) is 4.94. The first-order chi connectivity index (χ1) is 16.4. The van der Waals surface area contributed by atoms with E-state index in [0.717, 1.165) is 16.5 Å². The molecule has 0 saturated heterocycles. The third-order valence-corrected chi connectivity index (χ3v) is 6.76. The topological polar surface area (TPSA) is 63.6 Å². The highest BCUT2D eigenvalue weighted by atomic mass is 35.5. The van der Waals surface area contributed by atoms with Crippen LogP contribution < -0.4 is 10.1 Å². The van der Waals surface area contributed by atoms with Crippen molar-refractivity contribution in [3.8, 4) is 5.75 Å². The van der Waals surface area contributed by atoms with E-state index in [0.29, 0.717) is 27.6 Å². The number of aryl methyl sites for hydroxylation is 1. The van der Waals surface area contributed by atoms with Crippen molar-refractivity contribution in [1.82, 2.24) is 9.47 Å². The Bertz CT molecular complexity index is 1430. The number of hydrogen-bond acceptors (Lipinski definition) is 3. The lowest BCUT2D eigenvalue weighted by Crippen LogP contribution is -2.44. The van der Waals surface area contributed by atoms with Gasteiger partial charge in [-0.3, -0.25) is 9.59 Å². The molecule has 1 aromatic heterocycles. The second kappa shape index (κ2) is 8.54. The van der Waals surface area contributed by atoms with E-state index in [1.807, 2.05) is 60.3 Å². The molecule has 0 radical (unpaired) electrons. The number of hydrogen-bond donors (Lipinski definition) is 1. The highest BCUT2D eigenvalue weighted by molar-refractivity contribution is 6.31. The Kier molecular flexibility index (Phi) is 5.54. The van der Waals surface area contributed by atoms with Crippen molar-refractivity contribution in [2.75, 3.05) is 19.5 Å². The molecule has 4 aromatic rings. The molecule has 2 unspecified atom stereocenters. The molecular formula is C27H24ClN3O3. The highest BCUT2D eigenvalue weighted by Gasteiger charge is 2.43. The van der Waals surface area contributed by atoms with Gasteiger partial charge in [-0.25, -0.2) is 0 Å². The molecule has 0 saturated carbocycles. The molecule has 34 heavy (non-hydrogen) atoms. The van der Waals surface area contributed by atoms with Crippen LogP contribution in [0.2, 0.25) is 5.02 Å². The predicted molar refractivity (Wildman–Crippen MR) is 134 cm³/mol. The van der Waals surface area contributed by atoms with Crippen LogP contribution in [0.25, 0.3) is 10.9 Å². The van der Waals surface area contributed by atoms with Gasteiger partial charge in [-0.1, -0.05) is 48.0 Å². The van der Waals surface area contributed by atoms with E-state index in [1.165, 1.54) is 0 Å². The minimum atomic E-state index is -0.645. The first-order valence-corrected chi connectivity index (χ1v) is 11.3. The van der Waals surface area contributed by atoms with Crippen molar-refractivity contribution >= 4 is 40.0 Å². The molecule has 0 aliphatic carbocycles. The summed E-state index contributed by atoms with van der Waals surface area (Å²) in [5.74, 6) is -0.496. The van der Waals surface area contributed by atoms with E-state index >= 15 is 0 Å². The molecule has 1 aliphatic rings. The quantitative estimate of drug-likeness (QED) is 0.432. The molecule has 2 amide bonds. The zero-order chi connectivity index (χ0) is 24.0. The summed E-state index contributed by atoms with van der Waals surface area (Å²) in [5, 5.41) is 4.50. The van der Waals surface area contributed by atoms with Crippen LogP contribution >= 0.6 is 11.6 Å². The zero-order valence-corrected chi connectivity index (χ0v) is 19.8. The number of carbonyl (C=O) groups excluding carboxylic acids is 2. The van der Waals surface area contributed by atoms with Crippen LogP contribution in [0.15, 0.2) is 72.9 Å². The third-order valence-electron chi connectivity index (χ3n) is 6.53. The number of para-hydroxylation sites is 1. The number of aromatic nitrogens is 1. The Morgan fingerprint density at radius 1 is 1.00 bits per heavy atom. The summed E-state index contributed by atoms with van der Waals surface area (Å²) < 4.78 is 7.45. The van der Waals surface area contributed by atoms with Crippen molar-refractivity contribution in [1.29, 1.82) is 0 Å². The van der Waals surface area contributed by atoms with E-state index in [1.54, 1.807) is 43.3 Å². The van der Waals surface area contributed by atoms with E-state index < -0.39 is 12.0 Å². The third kappa shape index (κ3) is 3.51. The van der Waals surface area contributed by atoms with Gasteiger partial charge < -0.3 is 19.5 Å². The molecule has 1 N–H and O–H groups in total. The molecule has 5 rings (SSSR count). The number of rotatable bonds is 4. The number of benzene rings is 3. The van der Waals surface area contributed by atoms with Gasteiger partial charge in [0.15, 0.2) is 0 Å². The molecule has 172 valence electrons. The van der Waals surface area contributed by atoms with Crippen molar-refractivity contribution in [3.63, 3.8) is 0 Å². The Hall–Kier alpha value is -3.77. The minimum absolute atomic E-state index is 0.113. The average molecular weight is 474 g/mol. The van der Waals surface area contributed by atoms with Crippen molar-refractivity contribution < 1.29 is 14.3 Å². The largest absolute Gasteiger partial charge is 0.495 e. The number of ether oxygens (including phenoxy) is 1. The van der Waals surface area contributed by atoms with Gasteiger partial charge in [0, 0.05) is 47.3 Å². The van der Waals surface area contributed by atoms with E-state index in [2.05, 4.69) is 5.32 Å². The lowest BCUT2D eigenvalue weighted by atomic mass is 9.79. The Morgan fingerprint density at radius 3 is 2.53 bits per heavy atom. The lowest BCUT2D eigenvalue weighted by Gasteiger charge is -2.39. The van der Waals surface area contributed by atoms with Gasteiger partial charge in [-0.05, 0) is 35.9 Å². The summed E-state index contributed by atoms with van der Waals surface area (Å²) in [6, 6.07) is 19.9. The standard InChI is InChI=1S/C27H24ClN3O3/c1-30-15-20(17-8-6-7-11-22(17)30)25-24(18-9-4-5-10-19(18)27(33)31(25)2)26(32)29-21-14-16(28)12-13-23(21)34-3/h4-15,24-25H,1-3H3,(H,29,32). The molecule has 0 bridgehead atoms. The maximum absolute atomic E-state index is 13.9. The summed E-state index contributed by atoms with van der Waals surface area (Å²) in [5.41, 5.74) is 3.66. The number of anilines is 1. The van der Waals surface area contributed by atoms with Gasteiger partial charge in [0.05, 0.1) is 24.8 Å². The van der Waals surface area contributed by atoms with Crippen LogP contribution in [0.4, 0.5) is 5.69 Å². The van der Waals surface area contributed by atoms with Gasteiger partial charge >= 0.3 is 0 Å². The summed E-state index contributed by atoms with van der Waals surface area (Å²) in [6.07, 6.45) is 2.01. The van der Waals surface area contributed by atoms with Crippen LogP contribution in [0.5, 0.6) is 5.75 Å². The first kappa shape index (κ1) is 22.0. The summed E-state index contributed by atoms with van der Waals surface area (Å²) in [7, 11) is 5.27. The second-order valence-electron chi connectivity index (χ2n) is 8.47. The van der Waals surface area contributed by atoms with Crippen molar-refractivity contribution in [3.05, 3.63) is 94.6 Å². The average Bonchev–Trinajstić information content (AvgIpc) is 3.17. The van der Waals surface area contributed by atoms with Gasteiger partial charge in [-0.15, -0.1) is 0 Å². The summed E-state index contributed by atoms with van der Waals surface area (Å²) in [6.45, 7) is 0. The van der Waals surface area contributed by atoms with Crippen LogP contribution in [-0.2, 0) is 11.8 Å². The molecule has 7 heteroatoms. The number of nitrogens with zero attached hydrogens (tertiary/aromatic N) is 2. The molecular weight excluding hydrogens is 450 g/mol. The van der Waals surface area contributed by atoms with Crippen LogP contribution in [0.3, 0.4) is 0 Å². The number of methoxy groups -OCH3 is 1. The Labute approximate surface area is 202 Å². The molecule has 3 aromatic carbocycles. The number of likely N-dealkylation sites (N-methyl/N-ethyl adjacent to an activating group) is 1. The molecule has 2 atom stereocenters. The van der Waals surface area contributed by atoms with E-state index in [-0.39, 0.29) is 11.8 Å². The molecule has 2 heterocycles. The Morgan fingerprint density at radius 2 is 1.74 bits per heavy atom. The van der Waals surface area contributed by atoms with Gasteiger partial charge in [0.1, 0.15) is 5.75 Å². The highest BCUT2D eigenvalue weighted by Crippen LogP contribution is 2.45. The van der Waals surface area contributed by atoms with Crippen molar-refractivity contribution in [2.24, 2.45) is 7.05 Å². The van der Waals surface area contributed by atoms with Crippen LogP contribution in [-0.4, -0.2) is 35.4 Å². The molecule has 1 aliphatic heterocycles. The number of halogens is 1. The van der Waals surface area contributed by atoms with Crippen LogP contribution in [0.1, 0.15) is 33.4 Å². The Balaban J connectivity index is 1.68. The lowest BCUT2D eigenvalue weighted by molar-refractivity contribution is -0.119. The number of amides is 2. The van der Waals surface area contributed by atoms with Gasteiger partial charge in [-0.2, -0.15) is 0 Å². The smallest absolute Gasteiger partial charge is 0.254 e. The summed E-state index contributed by atoms with van der Waals surface area (Å²) >= 11 is 6.20. The number of carbonyl (C=O) groups is 2. The van der Waals surface area contributed by atoms with E-state index in [4.69, 9.17) is 16.3 Å². The maximum atomic E-state index is 13.9. The fraction of sp³-hybridized carbons (Fsp3) is 0.185. The summed E-state index contributed by atoms with van der Waals surface area (Å²) in [4.78, 5) is 29.0. The molecule has 0 fully saturated rings. The number of fused-ring (bicyclic) bond motifs is 2. The second-order valence-corrected chi connectivity index (χ2v) is 8.91.